The third-order valence-electron chi connectivity index (χ3n) is 3.00. The third kappa shape index (κ3) is 3.11. The molecule has 1 heterocycles. The Morgan fingerprint density at radius 1 is 1.24 bits per heavy atom. The zero-order valence-corrected chi connectivity index (χ0v) is 12.6. The number of hydrogen-bond donors (Lipinski definition) is 1. The maximum absolute atomic E-state index is 13.2. The predicted molar refractivity (Wildman–Crippen MR) is 79.5 cm³/mol. The van der Waals surface area contributed by atoms with Gasteiger partial charge in [0.1, 0.15) is 10.7 Å². The van der Waals surface area contributed by atoms with Gasteiger partial charge in [0.05, 0.1) is 12.8 Å². The molecule has 0 radical (unpaired) electrons. The molecule has 6 heteroatoms. The second-order valence-corrected chi connectivity index (χ2v) is 5.41. The molecule has 1 N–H and O–H groups in total. The topological polar surface area (TPSA) is 55.4 Å². The van der Waals surface area contributed by atoms with Crippen LogP contribution in [0.1, 0.15) is 31.2 Å². The van der Waals surface area contributed by atoms with Gasteiger partial charge < -0.3 is 10.1 Å². The smallest absolute Gasteiger partial charge is 0.350 e. The Morgan fingerprint density at radius 2 is 1.95 bits per heavy atom. The predicted octanol–water partition coefficient (Wildman–Crippen LogP) is 3.54. The Bertz CT molecular complexity index is 709. The van der Waals surface area contributed by atoms with Crippen molar-refractivity contribution in [1.29, 1.82) is 0 Å². The maximum atomic E-state index is 13.2. The molecule has 0 aliphatic carbocycles. The number of ether oxygens (including phenoxy) is 1. The first kappa shape index (κ1) is 15.2. The Balaban J connectivity index is 2.29. The van der Waals surface area contributed by atoms with Crippen LogP contribution in [0.3, 0.4) is 0 Å². The van der Waals surface area contributed by atoms with E-state index >= 15 is 0 Å². The van der Waals surface area contributed by atoms with Crippen molar-refractivity contribution >= 4 is 28.9 Å². The van der Waals surface area contributed by atoms with Gasteiger partial charge in [-0.3, -0.25) is 4.79 Å². The summed E-state index contributed by atoms with van der Waals surface area (Å²) >= 11 is 1.20. The molecule has 4 nitrogen and oxygen atoms in total. The monoisotopic (exact) mass is 307 g/mol. The summed E-state index contributed by atoms with van der Waals surface area (Å²) in [5.41, 5.74) is 1.92. The molecule has 21 heavy (non-hydrogen) atoms. The zero-order chi connectivity index (χ0) is 15.6. The molecule has 1 aromatic heterocycles. The van der Waals surface area contributed by atoms with E-state index < -0.39 is 11.9 Å². The minimum absolute atomic E-state index is 0.329. The Kier molecular flexibility index (Phi) is 4.37. The zero-order valence-electron chi connectivity index (χ0n) is 11.8. The molecule has 0 fully saturated rings. The number of carbonyl (C=O) groups is 2. The molecule has 1 amide bonds. The third-order valence-corrected chi connectivity index (χ3v) is 4.08. The molecule has 0 bridgehead atoms. The molecule has 0 unspecified atom stereocenters. The fourth-order valence-corrected chi connectivity index (χ4v) is 2.74. The number of esters is 1. The van der Waals surface area contributed by atoms with Crippen LogP contribution in [-0.4, -0.2) is 19.0 Å². The second-order valence-electron chi connectivity index (χ2n) is 4.53. The first-order chi connectivity index (χ1) is 9.93. The molecule has 0 spiro atoms. The van der Waals surface area contributed by atoms with Crippen LogP contribution in [0, 0.1) is 19.7 Å². The highest BCUT2D eigenvalue weighted by atomic mass is 32.1. The Labute approximate surface area is 125 Å². The van der Waals surface area contributed by atoms with Crippen molar-refractivity contribution in [2.45, 2.75) is 13.8 Å². The maximum Gasteiger partial charge on any atom is 0.350 e. The average molecular weight is 307 g/mol. The number of rotatable bonds is 3. The van der Waals surface area contributed by atoms with E-state index in [1.165, 1.54) is 36.6 Å². The SMILES string of the molecule is COC(=O)c1scc(C)c1NC(=O)c1ccc(F)c(C)c1. The van der Waals surface area contributed by atoms with E-state index in [9.17, 15) is 14.0 Å². The summed E-state index contributed by atoms with van der Waals surface area (Å²) in [7, 11) is 1.28. The highest BCUT2D eigenvalue weighted by Gasteiger charge is 2.19. The van der Waals surface area contributed by atoms with Crippen LogP contribution in [-0.2, 0) is 4.74 Å². The quantitative estimate of drug-likeness (QED) is 0.882. The molecule has 0 atom stereocenters. The highest BCUT2D eigenvalue weighted by Crippen LogP contribution is 2.28. The van der Waals surface area contributed by atoms with Crippen LogP contribution < -0.4 is 5.32 Å². The second kappa shape index (κ2) is 6.05. The van der Waals surface area contributed by atoms with E-state index in [1.807, 2.05) is 0 Å². The molecule has 110 valence electrons. The molecule has 1 aromatic carbocycles. The number of hydrogen-bond acceptors (Lipinski definition) is 4. The molecule has 2 aromatic rings. The lowest BCUT2D eigenvalue weighted by molar-refractivity contribution is 0.0607. The van der Waals surface area contributed by atoms with E-state index in [0.717, 1.165) is 5.56 Å². The molecule has 0 saturated heterocycles. The van der Waals surface area contributed by atoms with Gasteiger partial charge in [0.15, 0.2) is 0 Å². The first-order valence-corrected chi connectivity index (χ1v) is 7.06. The summed E-state index contributed by atoms with van der Waals surface area (Å²) in [6.07, 6.45) is 0. The minimum Gasteiger partial charge on any atom is -0.465 e. The van der Waals surface area contributed by atoms with Crippen LogP contribution in [0.25, 0.3) is 0 Å². The number of nitrogens with one attached hydrogen (secondary N) is 1. The van der Waals surface area contributed by atoms with Gasteiger partial charge in [0, 0.05) is 5.56 Å². The average Bonchev–Trinajstić information content (AvgIpc) is 2.82. The number of amides is 1. The van der Waals surface area contributed by atoms with Crippen LogP contribution in [0.15, 0.2) is 23.6 Å². The van der Waals surface area contributed by atoms with Crippen molar-refractivity contribution in [1.82, 2.24) is 0 Å². The van der Waals surface area contributed by atoms with E-state index in [4.69, 9.17) is 0 Å². The van der Waals surface area contributed by atoms with Crippen LogP contribution in [0.4, 0.5) is 10.1 Å². The van der Waals surface area contributed by atoms with Gasteiger partial charge in [0.25, 0.3) is 5.91 Å². The van der Waals surface area contributed by atoms with Gasteiger partial charge in [-0.1, -0.05) is 0 Å². The van der Waals surface area contributed by atoms with Crippen molar-refractivity contribution in [3.63, 3.8) is 0 Å². The summed E-state index contributed by atoms with van der Waals surface area (Å²) in [5, 5.41) is 4.45. The number of anilines is 1. The summed E-state index contributed by atoms with van der Waals surface area (Å²) in [4.78, 5) is 24.2. The fourth-order valence-electron chi connectivity index (χ4n) is 1.81. The van der Waals surface area contributed by atoms with E-state index in [1.54, 1.807) is 19.2 Å². The number of thiophene rings is 1. The van der Waals surface area contributed by atoms with Gasteiger partial charge in [-0.15, -0.1) is 11.3 Å². The fraction of sp³-hybridized carbons (Fsp3) is 0.200. The van der Waals surface area contributed by atoms with Crippen LogP contribution >= 0.6 is 11.3 Å². The van der Waals surface area contributed by atoms with Crippen molar-refractivity contribution in [3.8, 4) is 0 Å². The van der Waals surface area contributed by atoms with E-state index in [2.05, 4.69) is 10.1 Å². The summed E-state index contributed by atoms with van der Waals surface area (Å²) in [5.74, 6) is -1.27. The van der Waals surface area contributed by atoms with Crippen molar-refractivity contribution in [2.75, 3.05) is 12.4 Å². The molecular formula is C15H14FNO3S. The number of carbonyl (C=O) groups excluding carboxylic acids is 2. The lowest BCUT2D eigenvalue weighted by Crippen LogP contribution is -2.15. The van der Waals surface area contributed by atoms with Crippen LogP contribution in [0.5, 0.6) is 0 Å². The molecule has 0 aliphatic heterocycles. The standard InChI is InChI=1S/C15H14FNO3S/c1-8-6-10(4-5-11(8)16)14(18)17-12-9(2)7-21-13(12)15(19)20-3/h4-7H,1-3H3,(H,17,18). The molecule has 0 aliphatic rings. The number of aryl methyl sites for hydroxylation is 2. The summed E-state index contributed by atoms with van der Waals surface area (Å²) < 4.78 is 17.9. The van der Waals surface area contributed by atoms with E-state index in [0.29, 0.717) is 21.7 Å². The van der Waals surface area contributed by atoms with Crippen molar-refractivity contribution < 1.29 is 18.7 Å². The number of methoxy groups -OCH3 is 1. The first-order valence-electron chi connectivity index (χ1n) is 6.18. The van der Waals surface area contributed by atoms with Crippen molar-refractivity contribution in [3.05, 3.63) is 51.0 Å². The Morgan fingerprint density at radius 3 is 2.57 bits per heavy atom. The lowest BCUT2D eigenvalue weighted by Gasteiger charge is -2.08. The van der Waals surface area contributed by atoms with Crippen LogP contribution in [0.2, 0.25) is 0 Å². The number of halogens is 1. The van der Waals surface area contributed by atoms with Gasteiger partial charge in [-0.2, -0.15) is 0 Å². The summed E-state index contributed by atoms with van der Waals surface area (Å²) in [6, 6.07) is 4.10. The van der Waals surface area contributed by atoms with Gasteiger partial charge in [-0.25, -0.2) is 9.18 Å². The lowest BCUT2D eigenvalue weighted by atomic mass is 10.1. The van der Waals surface area contributed by atoms with Crippen molar-refractivity contribution in [2.24, 2.45) is 0 Å². The highest BCUT2D eigenvalue weighted by molar-refractivity contribution is 7.12. The normalized spacial score (nSPS) is 10.3. The summed E-state index contributed by atoms with van der Waals surface area (Å²) in [6.45, 7) is 3.37. The van der Waals surface area contributed by atoms with E-state index in [-0.39, 0.29) is 5.82 Å². The molecular weight excluding hydrogens is 293 g/mol. The Hall–Kier alpha value is -2.21. The van der Waals surface area contributed by atoms with Gasteiger partial charge in [-0.05, 0) is 48.6 Å². The number of benzene rings is 1. The largest absolute Gasteiger partial charge is 0.465 e. The molecule has 2 rings (SSSR count). The van der Waals surface area contributed by atoms with Gasteiger partial charge in [0.2, 0.25) is 0 Å². The molecule has 0 saturated carbocycles. The van der Waals surface area contributed by atoms with Gasteiger partial charge >= 0.3 is 5.97 Å². The minimum atomic E-state index is -0.501.